The Morgan fingerprint density at radius 1 is 1.33 bits per heavy atom. The standard InChI is InChI=1S/C19H19FN8O2/c1-27-16(22)14(24-19(29)30)15(21)25-18(27)13-11-6-4-8-23-17(11)28(26-13)9-10-5-2-3-7-12(10)20/h2-8,16,26H,9,22H2,1H3,(H2,21,25)(H,29,30). The molecule has 10 nitrogen and oxygen atoms in total. The highest BCUT2D eigenvalue weighted by Gasteiger charge is 2.34. The second-order valence-electron chi connectivity index (χ2n) is 6.69. The summed E-state index contributed by atoms with van der Waals surface area (Å²) in [5.74, 6) is 0.551. The van der Waals surface area contributed by atoms with Gasteiger partial charge in [0.1, 0.15) is 23.4 Å². The third-order valence-electron chi connectivity index (χ3n) is 4.80. The highest BCUT2D eigenvalue weighted by molar-refractivity contribution is 6.44. The summed E-state index contributed by atoms with van der Waals surface area (Å²) in [6.07, 6.45) is -0.690. The zero-order valence-electron chi connectivity index (χ0n) is 16.0. The first kappa shape index (κ1) is 19.3. The highest BCUT2D eigenvalue weighted by Crippen LogP contribution is 2.35. The fraction of sp³-hybridized carbons (Fsp3) is 0.158. The van der Waals surface area contributed by atoms with E-state index in [9.17, 15) is 9.18 Å². The monoisotopic (exact) mass is 410 g/mol. The van der Waals surface area contributed by atoms with Crippen molar-refractivity contribution in [3.05, 3.63) is 65.4 Å². The van der Waals surface area contributed by atoms with Crippen LogP contribution < -0.4 is 21.9 Å². The topological polar surface area (TPSA) is 145 Å². The van der Waals surface area contributed by atoms with Gasteiger partial charge in [-0.25, -0.2) is 19.2 Å². The Balaban J connectivity index is 1.78. The van der Waals surface area contributed by atoms with Gasteiger partial charge < -0.3 is 21.5 Å². The van der Waals surface area contributed by atoms with Gasteiger partial charge in [-0.1, -0.05) is 18.2 Å². The third-order valence-corrected chi connectivity index (χ3v) is 4.80. The summed E-state index contributed by atoms with van der Waals surface area (Å²) in [5.41, 5.74) is 17.0. The van der Waals surface area contributed by atoms with Gasteiger partial charge in [-0.05, 0) is 18.2 Å². The number of aliphatic imine (C=N–C) groups is 2. The van der Waals surface area contributed by atoms with E-state index in [1.807, 2.05) is 6.07 Å². The molecule has 1 amide bonds. The lowest BCUT2D eigenvalue weighted by atomic mass is 10.1. The highest BCUT2D eigenvalue weighted by atomic mass is 19.1. The average molecular weight is 410 g/mol. The van der Waals surface area contributed by atoms with E-state index in [0.717, 1.165) is 5.56 Å². The third kappa shape index (κ3) is 3.31. The van der Waals surface area contributed by atoms with Gasteiger partial charge in [-0.3, -0.25) is 10.4 Å². The molecule has 0 aliphatic carbocycles. The summed E-state index contributed by atoms with van der Waals surface area (Å²) in [7, 11) is 1.65. The van der Waals surface area contributed by atoms with Crippen molar-refractivity contribution < 1.29 is 14.3 Å². The molecular formula is C19H19FN8O2. The van der Waals surface area contributed by atoms with Gasteiger partial charge >= 0.3 is 6.09 Å². The largest absolute Gasteiger partial charge is 0.463 e. The summed E-state index contributed by atoms with van der Waals surface area (Å²) in [5, 5.41) is 10.6. The number of anilines is 1. The number of hydrogen-bond donors (Lipinski definition) is 4. The number of fused-ring (bicyclic) bond motifs is 1. The molecule has 0 saturated heterocycles. The maximum Gasteiger partial charge on any atom is 0.431 e. The first-order valence-corrected chi connectivity index (χ1v) is 8.98. The minimum absolute atomic E-state index is 0.0398. The number of nitrogens with zero attached hydrogens (tertiary/aromatic N) is 5. The van der Waals surface area contributed by atoms with E-state index < -0.39 is 12.3 Å². The summed E-state index contributed by atoms with van der Waals surface area (Å²) < 4.78 is 14.2. The molecule has 154 valence electrons. The summed E-state index contributed by atoms with van der Waals surface area (Å²) >= 11 is 0. The second-order valence-corrected chi connectivity index (χ2v) is 6.69. The number of pyridine rings is 1. The molecule has 1 unspecified atom stereocenters. The van der Waals surface area contributed by atoms with Crippen molar-refractivity contribution in [3.63, 3.8) is 0 Å². The zero-order valence-corrected chi connectivity index (χ0v) is 16.0. The number of nitrogens with two attached hydrogens (primary N) is 2. The number of carboxylic acid groups (broad SMARTS) is 1. The molecule has 6 N–H and O–H groups in total. The number of halogens is 1. The predicted molar refractivity (Wildman–Crippen MR) is 110 cm³/mol. The van der Waals surface area contributed by atoms with Crippen LogP contribution in [0.5, 0.6) is 0 Å². The Labute approximate surface area is 171 Å². The lowest BCUT2D eigenvalue weighted by molar-refractivity contribution is 0.205. The Bertz CT molecular complexity index is 1110. The fourth-order valence-corrected chi connectivity index (χ4v) is 3.31. The second kappa shape index (κ2) is 7.44. The number of rotatable bonds is 2. The van der Waals surface area contributed by atoms with E-state index in [1.165, 1.54) is 6.07 Å². The van der Waals surface area contributed by atoms with E-state index in [2.05, 4.69) is 20.4 Å². The van der Waals surface area contributed by atoms with Crippen molar-refractivity contribution in [2.24, 2.45) is 21.5 Å². The van der Waals surface area contributed by atoms with Crippen molar-refractivity contribution in [2.45, 2.75) is 12.7 Å². The van der Waals surface area contributed by atoms with Crippen molar-refractivity contribution in [3.8, 4) is 0 Å². The van der Waals surface area contributed by atoms with Crippen LogP contribution in [0.3, 0.4) is 0 Å². The quantitative estimate of drug-likeness (QED) is 0.575. The zero-order chi connectivity index (χ0) is 21.4. The van der Waals surface area contributed by atoms with E-state index in [4.69, 9.17) is 16.6 Å². The molecule has 0 bridgehead atoms. The first-order valence-electron chi connectivity index (χ1n) is 8.98. The van der Waals surface area contributed by atoms with E-state index in [-0.39, 0.29) is 23.9 Å². The van der Waals surface area contributed by atoms with Gasteiger partial charge in [0.05, 0.1) is 6.54 Å². The Hall–Kier alpha value is -3.99. The van der Waals surface area contributed by atoms with Gasteiger partial charge in [-0.15, -0.1) is 0 Å². The molecule has 1 atom stereocenters. The number of nitrogens with one attached hydrogen (secondary N) is 1. The van der Waals surface area contributed by atoms with Crippen LogP contribution in [-0.4, -0.2) is 45.8 Å². The van der Waals surface area contributed by atoms with Crippen LogP contribution in [0.25, 0.3) is 5.70 Å². The molecule has 2 aromatic rings. The maximum absolute atomic E-state index is 14.2. The molecule has 11 heteroatoms. The number of amides is 1. The molecule has 0 spiro atoms. The first-order chi connectivity index (χ1) is 14.4. The maximum atomic E-state index is 14.2. The van der Waals surface area contributed by atoms with E-state index in [0.29, 0.717) is 22.9 Å². The molecule has 0 saturated carbocycles. The van der Waals surface area contributed by atoms with Crippen LogP contribution in [0.2, 0.25) is 0 Å². The van der Waals surface area contributed by atoms with Crippen LogP contribution in [0.15, 0.2) is 58.4 Å². The molecule has 1 aromatic heterocycles. The number of amidine groups is 1. The molecule has 2 aliphatic rings. The lowest BCUT2D eigenvalue weighted by Gasteiger charge is -2.32. The number of hydrogen-bond acceptors (Lipinski definition) is 8. The average Bonchev–Trinajstić information content (AvgIpc) is 3.08. The number of aromatic nitrogens is 1. The van der Waals surface area contributed by atoms with Crippen molar-refractivity contribution in [1.82, 2.24) is 15.3 Å². The number of hydrazine groups is 1. The van der Waals surface area contributed by atoms with Gasteiger partial charge in [0.25, 0.3) is 0 Å². The molecule has 0 radical (unpaired) electrons. The van der Waals surface area contributed by atoms with Crippen molar-refractivity contribution >= 4 is 29.2 Å². The van der Waals surface area contributed by atoms with Crippen LogP contribution in [0.4, 0.5) is 15.0 Å². The molecule has 1 aromatic carbocycles. The van der Waals surface area contributed by atoms with E-state index >= 15 is 0 Å². The van der Waals surface area contributed by atoms with Crippen LogP contribution >= 0.6 is 0 Å². The van der Waals surface area contributed by atoms with Crippen LogP contribution in [0.1, 0.15) is 11.1 Å². The molecular weight excluding hydrogens is 391 g/mol. The van der Waals surface area contributed by atoms with Gasteiger partial charge in [0, 0.05) is 24.4 Å². The number of carbonyl (C=O) groups is 1. The fourth-order valence-electron chi connectivity index (χ4n) is 3.31. The Morgan fingerprint density at radius 2 is 2.10 bits per heavy atom. The molecule has 4 rings (SSSR count). The minimum Gasteiger partial charge on any atom is -0.463 e. The lowest BCUT2D eigenvalue weighted by Crippen LogP contribution is -2.54. The summed E-state index contributed by atoms with van der Waals surface area (Å²) in [4.78, 5) is 24.7. The minimum atomic E-state index is -1.41. The van der Waals surface area contributed by atoms with Crippen LogP contribution in [-0.2, 0) is 6.54 Å². The van der Waals surface area contributed by atoms with Gasteiger partial charge in [0.15, 0.2) is 17.5 Å². The SMILES string of the molecule is CN1C(=C2NN(Cc3ccccc3F)c3ncccc32)N=C(N)C(=NC(=O)O)C1N. The normalized spacial score (nSPS) is 22.0. The van der Waals surface area contributed by atoms with E-state index in [1.54, 1.807) is 47.4 Å². The molecule has 30 heavy (non-hydrogen) atoms. The summed E-state index contributed by atoms with van der Waals surface area (Å²) in [6.45, 7) is 0.216. The number of benzene rings is 1. The van der Waals surface area contributed by atoms with Crippen LogP contribution in [0, 0.1) is 5.82 Å². The Morgan fingerprint density at radius 3 is 2.83 bits per heavy atom. The van der Waals surface area contributed by atoms with Crippen molar-refractivity contribution in [2.75, 3.05) is 12.1 Å². The van der Waals surface area contributed by atoms with Gasteiger partial charge in [-0.2, -0.15) is 4.99 Å². The summed E-state index contributed by atoms with van der Waals surface area (Å²) in [6, 6.07) is 10.1. The molecule has 2 aliphatic heterocycles. The molecule has 0 fully saturated rings. The smallest absolute Gasteiger partial charge is 0.431 e. The molecule has 3 heterocycles. The van der Waals surface area contributed by atoms with Gasteiger partial charge in [0.2, 0.25) is 0 Å². The predicted octanol–water partition coefficient (Wildman–Crippen LogP) is 1.08. The Kier molecular flexibility index (Phi) is 4.80. The van der Waals surface area contributed by atoms with Crippen molar-refractivity contribution in [1.29, 1.82) is 0 Å².